The van der Waals surface area contributed by atoms with E-state index in [9.17, 15) is 19.1 Å². The van der Waals surface area contributed by atoms with Gasteiger partial charge in [-0.2, -0.15) is 0 Å². The van der Waals surface area contributed by atoms with Gasteiger partial charge in [0.15, 0.2) is 0 Å². The van der Waals surface area contributed by atoms with Crippen LogP contribution < -0.4 is 0 Å². The van der Waals surface area contributed by atoms with Crippen molar-refractivity contribution in [2.75, 3.05) is 19.7 Å². The highest BCUT2D eigenvalue weighted by Gasteiger charge is 2.36. The molecule has 2 fully saturated rings. The second kappa shape index (κ2) is 8.95. The molecule has 0 bridgehead atoms. The first-order valence-electron chi connectivity index (χ1n) is 8.91. The van der Waals surface area contributed by atoms with Gasteiger partial charge in [-0.05, 0) is 37.8 Å². The second-order valence-corrected chi connectivity index (χ2v) is 8.21. The molecule has 2 heterocycles. The lowest BCUT2D eigenvalue weighted by molar-refractivity contribution is -0.138. The normalized spacial score (nSPS) is 22.0. The Labute approximate surface area is 167 Å². The van der Waals surface area contributed by atoms with Gasteiger partial charge in [0.1, 0.15) is 16.7 Å². The third-order valence-corrected chi connectivity index (χ3v) is 6.15. The third kappa shape index (κ3) is 4.56. The van der Waals surface area contributed by atoms with Gasteiger partial charge in [-0.1, -0.05) is 42.2 Å². The number of rotatable bonds is 5. The van der Waals surface area contributed by atoms with Gasteiger partial charge in [0.2, 0.25) is 5.91 Å². The standard InChI is InChI=1S/C19H21FN2O3S2/c20-15-7-2-1-5-13(15)11-16-18(25)22(19(26)27-16)12-17(24)21-9-4-3-6-14(21)8-10-23/h1-2,5,7,11,14,23H,3-4,6,8-10,12H2/b16-11+/t14-/m0/s1. The van der Waals surface area contributed by atoms with Crippen LogP contribution in [0, 0.1) is 5.82 Å². The summed E-state index contributed by atoms with van der Waals surface area (Å²) in [6.45, 7) is 0.533. The van der Waals surface area contributed by atoms with Crippen molar-refractivity contribution in [3.05, 3.63) is 40.6 Å². The van der Waals surface area contributed by atoms with Crippen molar-refractivity contribution < 1.29 is 19.1 Å². The number of hydrogen-bond acceptors (Lipinski definition) is 5. The van der Waals surface area contributed by atoms with E-state index in [1.165, 1.54) is 17.0 Å². The highest BCUT2D eigenvalue weighted by molar-refractivity contribution is 8.26. The molecule has 1 atom stereocenters. The third-order valence-electron chi connectivity index (χ3n) is 4.77. The van der Waals surface area contributed by atoms with Gasteiger partial charge in [-0.3, -0.25) is 14.5 Å². The lowest BCUT2D eigenvalue weighted by atomic mass is 9.99. The largest absolute Gasteiger partial charge is 0.396 e. The average Bonchev–Trinajstić information content (AvgIpc) is 2.92. The Balaban J connectivity index is 1.72. The zero-order valence-corrected chi connectivity index (χ0v) is 16.4. The molecule has 1 aromatic carbocycles. The molecule has 2 amide bonds. The molecular formula is C19H21FN2O3S2. The molecule has 1 N–H and O–H groups in total. The Morgan fingerprint density at radius 2 is 2.15 bits per heavy atom. The van der Waals surface area contributed by atoms with Gasteiger partial charge in [0.05, 0.1) is 4.91 Å². The smallest absolute Gasteiger partial charge is 0.266 e. The molecule has 0 spiro atoms. The molecule has 1 aromatic rings. The van der Waals surface area contributed by atoms with Crippen LogP contribution >= 0.6 is 24.0 Å². The minimum absolute atomic E-state index is 0.00334. The highest BCUT2D eigenvalue weighted by atomic mass is 32.2. The maximum Gasteiger partial charge on any atom is 0.266 e. The number of likely N-dealkylation sites (tertiary alicyclic amines) is 1. The fourth-order valence-corrected chi connectivity index (χ4v) is 4.62. The number of thioether (sulfide) groups is 1. The number of piperidine rings is 1. The summed E-state index contributed by atoms with van der Waals surface area (Å²) in [5.41, 5.74) is 0.309. The number of amides is 2. The molecule has 0 unspecified atom stereocenters. The summed E-state index contributed by atoms with van der Waals surface area (Å²) in [6, 6.07) is 6.19. The lowest BCUT2D eigenvalue weighted by Gasteiger charge is -2.36. The molecule has 0 saturated carbocycles. The lowest BCUT2D eigenvalue weighted by Crippen LogP contribution is -2.49. The number of hydrogen-bond donors (Lipinski definition) is 1. The number of carbonyl (C=O) groups is 2. The van der Waals surface area contributed by atoms with Gasteiger partial charge < -0.3 is 10.0 Å². The Hall–Kier alpha value is -1.77. The van der Waals surface area contributed by atoms with Crippen LogP contribution in [0.4, 0.5) is 4.39 Å². The average molecular weight is 409 g/mol. The molecule has 5 nitrogen and oxygen atoms in total. The Bertz CT molecular complexity index is 782. The topological polar surface area (TPSA) is 60.9 Å². The summed E-state index contributed by atoms with van der Waals surface area (Å²) in [7, 11) is 0. The van der Waals surface area contributed by atoms with Crippen molar-refractivity contribution in [2.24, 2.45) is 0 Å². The predicted molar refractivity (Wildman–Crippen MR) is 107 cm³/mol. The van der Waals surface area contributed by atoms with E-state index < -0.39 is 5.82 Å². The van der Waals surface area contributed by atoms with E-state index in [4.69, 9.17) is 12.2 Å². The molecule has 2 aliphatic heterocycles. The van der Waals surface area contributed by atoms with E-state index in [0.717, 1.165) is 31.0 Å². The van der Waals surface area contributed by atoms with Gasteiger partial charge in [-0.25, -0.2) is 4.39 Å². The SMILES string of the molecule is O=C1/C(=C\c2ccccc2F)SC(=S)N1CC(=O)N1CCCC[C@H]1CCO. The van der Waals surface area contributed by atoms with Crippen LogP contribution in [0.15, 0.2) is 29.2 Å². The van der Waals surface area contributed by atoms with Gasteiger partial charge in [0, 0.05) is 24.8 Å². The van der Waals surface area contributed by atoms with Crippen LogP contribution in [-0.2, 0) is 9.59 Å². The maximum atomic E-state index is 13.8. The summed E-state index contributed by atoms with van der Waals surface area (Å²) in [4.78, 5) is 28.8. The van der Waals surface area contributed by atoms with E-state index in [1.807, 2.05) is 0 Å². The van der Waals surface area contributed by atoms with E-state index in [1.54, 1.807) is 23.1 Å². The molecule has 0 aromatic heterocycles. The number of benzene rings is 1. The van der Waals surface area contributed by atoms with Crippen molar-refractivity contribution >= 4 is 46.2 Å². The summed E-state index contributed by atoms with van der Waals surface area (Å²) >= 11 is 6.34. The van der Waals surface area contributed by atoms with E-state index in [0.29, 0.717) is 27.8 Å². The minimum Gasteiger partial charge on any atom is -0.396 e. The van der Waals surface area contributed by atoms with Crippen LogP contribution in [0.3, 0.4) is 0 Å². The van der Waals surface area contributed by atoms with Crippen LogP contribution in [0.25, 0.3) is 6.08 Å². The molecule has 3 rings (SSSR count). The van der Waals surface area contributed by atoms with E-state index in [-0.39, 0.29) is 31.0 Å². The molecule has 27 heavy (non-hydrogen) atoms. The van der Waals surface area contributed by atoms with E-state index >= 15 is 0 Å². The maximum absolute atomic E-state index is 13.8. The fourth-order valence-electron chi connectivity index (χ4n) is 3.37. The number of thiocarbonyl (C=S) groups is 1. The van der Waals surface area contributed by atoms with Crippen molar-refractivity contribution in [3.8, 4) is 0 Å². The van der Waals surface area contributed by atoms with E-state index in [2.05, 4.69) is 0 Å². The number of aliphatic hydroxyl groups is 1. The summed E-state index contributed by atoms with van der Waals surface area (Å²) < 4.78 is 14.1. The van der Waals surface area contributed by atoms with Crippen LogP contribution in [-0.4, -0.2) is 56.8 Å². The number of carbonyl (C=O) groups excluding carboxylic acids is 2. The van der Waals surface area contributed by atoms with Crippen molar-refractivity contribution in [2.45, 2.75) is 31.7 Å². The van der Waals surface area contributed by atoms with Gasteiger partial charge >= 0.3 is 0 Å². The quantitative estimate of drug-likeness (QED) is 0.600. The highest BCUT2D eigenvalue weighted by Crippen LogP contribution is 2.33. The molecule has 144 valence electrons. The number of aliphatic hydroxyl groups excluding tert-OH is 1. The van der Waals surface area contributed by atoms with Crippen molar-refractivity contribution in [1.82, 2.24) is 9.80 Å². The molecule has 2 saturated heterocycles. The zero-order chi connectivity index (χ0) is 19.4. The molecule has 0 aliphatic carbocycles. The van der Waals surface area contributed by atoms with Crippen molar-refractivity contribution in [1.29, 1.82) is 0 Å². The minimum atomic E-state index is -0.418. The first-order chi connectivity index (χ1) is 13.0. The Kier molecular flexibility index (Phi) is 6.62. The number of halogens is 1. The van der Waals surface area contributed by atoms with Crippen LogP contribution in [0.1, 0.15) is 31.2 Å². The first kappa shape index (κ1) is 20.0. The first-order valence-corrected chi connectivity index (χ1v) is 10.1. The second-order valence-electron chi connectivity index (χ2n) is 6.54. The van der Waals surface area contributed by atoms with Crippen molar-refractivity contribution in [3.63, 3.8) is 0 Å². The Morgan fingerprint density at radius 1 is 1.37 bits per heavy atom. The fraction of sp³-hybridized carbons (Fsp3) is 0.421. The van der Waals surface area contributed by atoms with Gasteiger partial charge in [0.25, 0.3) is 5.91 Å². The molecule has 8 heteroatoms. The summed E-state index contributed by atoms with van der Waals surface area (Å²) in [5.74, 6) is -0.965. The van der Waals surface area contributed by atoms with Crippen LogP contribution in [0.5, 0.6) is 0 Å². The number of nitrogens with zero attached hydrogens (tertiary/aromatic N) is 2. The Morgan fingerprint density at radius 3 is 2.89 bits per heavy atom. The molecule has 0 radical (unpaired) electrons. The predicted octanol–water partition coefficient (Wildman–Crippen LogP) is 2.79. The summed E-state index contributed by atoms with van der Waals surface area (Å²) in [6.07, 6.45) is 4.81. The van der Waals surface area contributed by atoms with Crippen LogP contribution in [0.2, 0.25) is 0 Å². The molecular weight excluding hydrogens is 387 g/mol. The zero-order valence-electron chi connectivity index (χ0n) is 14.8. The van der Waals surface area contributed by atoms with Gasteiger partial charge in [-0.15, -0.1) is 0 Å². The monoisotopic (exact) mass is 408 g/mol. The summed E-state index contributed by atoms with van der Waals surface area (Å²) in [5, 5.41) is 9.22. The molecule has 2 aliphatic rings.